The van der Waals surface area contributed by atoms with Gasteiger partial charge in [0.25, 0.3) is 5.91 Å². The quantitative estimate of drug-likeness (QED) is 0.514. The van der Waals surface area contributed by atoms with Crippen molar-refractivity contribution in [3.63, 3.8) is 0 Å². The Hall–Kier alpha value is -3.69. The molecule has 1 aliphatic heterocycles. The molecule has 164 valence electrons. The summed E-state index contributed by atoms with van der Waals surface area (Å²) < 4.78 is 32.6. The van der Waals surface area contributed by atoms with E-state index in [1.54, 1.807) is 42.5 Å². The Labute approximate surface area is 185 Å². The zero-order valence-electron chi connectivity index (χ0n) is 17.2. The average Bonchev–Trinajstić information content (AvgIpc) is 2.79. The molecule has 1 atom stereocenters. The molecule has 3 aromatic carbocycles. The van der Waals surface area contributed by atoms with Crippen molar-refractivity contribution in [2.45, 2.75) is 18.0 Å². The highest BCUT2D eigenvalue weighted by Crippen LogP contribution is 2.30. The molecule has 0 saturated carbocycles. The number of rotatable bonds is 5. The van der Waals surface area contributed by atoms with Crippen molar-refractivity contribution >= 4 is 33.3 Å². The van der Waals surface area contributed by atoms with Gasteiger partial charge in [-0.1, -0.05) is 42.0 Å². The number of benzene rings is 3. The summed E-state index contributed by atoms with van der Waals surface area (Å²) >= 11 is 0. The number of esters is 1. The maximum absolute atomic E-state index is 12.5. The summed E-state index contributed by atoms with van der Waals surface area (Å²) in [5.74, 6) is -1.10. The molecule has 3 aromatic rings. The number of hydrogen-bond acceptors (Lipinski definition) is 6. The molecular weight excluding hydrogens is 430 g/mol. The van der Waals surface area contributed by atoms with Crippen LogP contribution in [0.3, 0.4) is 0 Å². The van der Waals surface area contributed by atoms with Crippen molar-refractivity contribution in [3.05, 3.63) is 89.5 Å². The molecule has 0 aliphatic carbocycles. The summed E-state index contributed by atoms with van der Waals surface area (Å²) in [5.41, 5.74) is 3.05. The van der Waals surface area contributed by atoms with Gasteiger partial charge in [-0.25, -0.2) is 13.2 Å². The fourth-order valence-electron chi connectivity index (χ4n) is 3.24. The second-order valence-corrected chi connectivity index (χ2v) is 8.99. The molecule has 9 heteroatoms. The first-order chi connectivity index (χ1) is 15.3. The molecule has 4 rings (SSSR count). The number of fused-ring (bicyclic) bond motifs is 1. The van der Waals surface area contributed by atoms with Crippen LogP contribution in [0.5, 0.6) is 0 Å². The molecule has 1 aliphatic rings. The number of carbonyl (C=O) groups excluding carboxylic acids is 2. The number of ether oxygens (including phenoxy) is 1. The Morgan fingerprint density at radius 3 is 2.38 bits per heavy atom. The predicted octanol–water partition coefficient (Wildman–Crippen LogP) is 3.19. The van der Waals surface area contributed by atoms with Gasteiger partial charge in [0.2, 0.25) is 10.0 Å². The van der Waals surface area contributed by atoms with Crippen LogP contribution in [-0.4, -0.2) is 26.9 Å². The zero-order chi connectivity index (χ0) is 22.7. The molecule has 1 heterocycles. The van der Waals surface area contributed by atoms with Gasteiger partial charge in [-0.2, -0.15) is 4.72 Å². The first-order valence-corrected chi connectivity index (χ1v) is 11.3. The van der Waals surface area contributed by atoms with Gasteiger partial charge in [0.15, 0.2) is 6.61 Å². The van der Waals surface area contributed by atoms with E-state index < -0.39 is 34.7 Å². The van der Waals surface area contributed by atoms with Crippen LogP contribution < -0.4 is 15.4 Å². The van der Waals surface area contributed by atoms with Gasteiger partial charge >= 0.3 is 5.97 Å². The van der Waals surface area contributed by atoms with E-state index in [1.165, 1.54) is 18.2 Å². The first-order valence-electron chi connectivity index (χ1n) is 9.83. The van der Waals surface area contributed by atoms with E-state index in [1.807, 2.05) is 19.1 Å². The van der Waals surface area contributed by atoms with Gasteiger partial charge in [0, 0.05) is 5.69 Å². The second-order valence-electron chi connectivity index (χ2n) is 7.31. The molecule has 0 aromatic heterocycles. The third-order valence-corrected chi connectivity index (χ3v) is 6.38. The minimum atomic E-state index is -3.66. The minimum absolute atomic E-state index is 0.181. The van der Waals surface area contributed by atoms with E-state index in [-0.39, 0.29) is 10.5 Å². The van der Waals surface area contributed by atoms with E-state index in [0.29, 0.717) is 16.9 Å². The lowest BCUT2D eigenvalue weighted by Crippen LogP contribution is -2.38. The molecule has 0 radical (unpaired) electrons. The lowest BCUT2D eigenvalue weighted by molar-refractivity contribution is -0.119. The maximum atomic E-state index is 12.5. The van der Waals surface area contributed by atoms with Crippen LogP contribution in [0.1, 0.15) is 27.7 Å². The van der Waals surface area contributed by atoms with E-state index >= 15 is 0 Å². The molecule has 0 saturated heterocycles. The third kappa shape index (κ3) is 4.79. The highest BCUT2D eigenvalue weighted by molar-refractivity contribution is 7.89. The lowest BCUT2D eigenvalue weighted by atomic mass is 10.1. The average molecular weight is 452 g/mol. The molecule has 1 amide bonds. The van der Waals surface area contributed by atoms with Crippen LogP contribution in [0.2, 0.25) is 0 Å². The van der Waals surface area contributed by atoms with Crippen molar-refractivity contribution in [2.24, 2.45) is 0 Å². The van der Waals surface area contributed by atoms with E-state index in [9.17, 15) is 18.0 Å². The smallest absolute Gasteiger partial charge is 0.338 e. The fourth-order valence-corrected chi connectivity index (χ4v) is 4.54. The van der Waals surface area contributed by atoms with E-state index in [0.717, 1.165) is 5.56 Å². The molecule has 0 bridgehead atoms. The topological polar surface area (TPSA) is 114 Å². The van der Waals surface area contributed by atoms with E-state index in [2.05, 4.69) is 15.4 Å². The standard InChI is InChI=1S/C23H21N3O5S/c1-15-6-12-18(13-7-15)24-21(27)14-31-23(28)17-10-8-16(9-11-17)22-25-19-4-2-3-5-20(19)32(29,30)26-22/h2-13,22,25-26H,14H2,1H3,(H,24,27). The lowest BCUT2D eigenvalue weighted by Gasteiger charge is -2.28. The highest BCUT2D eigenvalue weighted by atomic mass is 32.2. The largest absolute Gasteiger partial charge is 0.452 e. The number of para-hydroxylation sites is 1. The molecule has 1 unspecified atom stereocenters. The Morgan fingerprint density at radius 1 is 0.969 bits per heavy atom. The van der Waals surface area contributed by atoms with Crippen LogP contribution in [0.25, 0.3) is 0 Å². The highest BCUT2D eigenvalue weighted by Gasteiger charge is 2.29. The molecule has 32 heavy (non-hydrogen) atoms. The van der Waals surface area contributed by atoms with Crippen molar-refractivity contribution in [3.8, 4) is 0 Å². The maximum Gasteiger partial charge on any atom is 0.338 e. The van der Waals surface area contributed by atoms with Gasteiger partial charge in [0.1, 0.15) is 11.1 Å². The van der Waals surface area contributed by atoms with Crippen LogP contribution in [0, 0.1) is 6.92 Å². The number of hydrogen-bond donors (Lipinski definition) is 3. The summed E-state index contributed by atoms with van der Waals surface area (Å²) in [6.07, 6.45) is -0.680. The number of sulfonamides is 1. The van der Waals surface area contributed by atoms with Crippen LogP contribution >= 0.6 is 0 Å². The molecule has 0 fully saturated rings. The Bertz CT molecular complexity index is 1260. The first kappa shape index (κ1) is 21.5. The predicted molar refractivity (Wildman–Crippen MR) is 120 cm³/mol. The summed E-state index contributed by atoms with van der Waals surface area (Å²) in [5, 5.41) is 5.78. The van der Waals surface area contributed by atoms with Gasteiger partial charge < -0.3 is 15.4 Å². The van der Waals surface area contributed by atoms with Crippen LogP contribution in [-0.2, 0) is 19.6 Å². The summed E-state index contributed by atoms with van der Waals surface area (Å²) in [4.78, 5) is 24.4. The van der Waals surface area contributed by atoms with Crippen molar-refractivity contribution in [2.75, 3.05) is 17.2 Å². The Morgan fingerprint density at radius 2 is 1.66 bits per heavy atom. The SMILES string of the molecule is Cc1ccc(NC(=O)COC(=O)c2ccc(C3Nc4ccccc4S(=O)(=O)N3)cc2)cc1. The third-order valence-electron chi connectivity index (χ3n) is 4.90. The fraction of sp³-hybridized carbons (Fsp3) is 0.130. The Balaban J connectivity index is 1.37. The van der Waals surface area contributed by atoms with Gasteiger partial charge in [-0.05, 0) is 48.9 Å². The Kier molecular flexibility index (Phi) is 5.93. The monoisotopic (exact) mass is 451 g/mol. The zero-order valence-corrected chi connectivity index (χ0v) is 18.0. The number of anilines is 2. The molecular formula is C23H21N3O5S. The second kappa shape index (κ2) is 8.81. The van der Waals surface area contributed by atoms with Crippen LogP contribution in [0.4, 0.5) is 11.4 Å². The van der Waals surface area contributed by atoms with E-state index in [4.69, 9.17) is 4.74 Å². The van der Waals surface area contributed by atoms with Gasteiger partial charge in [-0.3, -0.25) is 4.79 Å². The normalized spacial score (nSPS) is 16.3. The summed E-state index contributed by atoms with van der Waals surface area (Å²) in [7, 11) is -3.66. The number of carbonyl (C=O) groups is 2. The number of aryl methyl sites for hydroxylation is 1. The molecule has 8 nitrogen and oxygen atoms in total. The molecule has 3 N–H and O–H groups in total. The number of amides is 1. The minimum Gasteiger partial charge on any atom is -0.452 e. The number of nitrogens with one attached hydrogen (secondary N) is 3. The van der Waals surface area contributed by atoms with Crippen molar-refractivity contribution < 1.29 is 22.7 Å². The van der Waals surface area contributed by atoms with Crippen LogP contribution in [0.15, 0.2) is 77.7 Å². The summed E-state index contributed by atoms with van der Waals surface area (Å²) in [6.45, 7) is 1.52. The summed E-state index contributed by atoms with van der Waals surface area (Å²) in [6, 6.07) is 20.2. The van der Waals surface area contributed by atoms with Gasteiger partial charge in [-0.15, -0.1) is 0 Å². The molecule has 0 spiro atoms. The van der Waals surface area contributed by atoms with Gasteiger partial charge in [0.05, 0.1) is 11.3 Å². The van der Waals surface area contributed by atoms with Crippen molar-refractivity contribution in [1.82, 2.24) is 4.72 Å². The van der Waals surface area contributed by atoms with Crippen molar-refractivity contribution in [1.29, 1.82) is 0 Å².